The number of aromatic carboxylic acids is 1. The second-order valence-corrected chi connectivity index (χ2v) is 4.04. The van der Waals surface area contributed by atoms with Gasteiger partial charge >= 0.3 is 5.97 Å². The Balaban J connectivity index is 2.93. The van der Waals surface area contributed by atoms with Gasteiger partial charge in [0.25, 0.3) is 5.69 Å². The van der Waals surface area contributed by atoms with Crippen LogP contribution in [0.1, 0.15) is 23.7 Å². The molecule has 1 aromatic rings. The van der Waals surface area contributed by atoms with Crippen LogP contribution in [0, 0.1) is 15.9 Å². The van der Waals surface area contributed by atoms with Gasteiger partial charge in [0, 0.05) is 19.5 Å². The quantitative estimate of drug-likeness (QED) is 0.516. The molecule has 0 aliphatic rings. The molecule has 0 aromatic heterocycles. The number of benzene rings is 1. The summed E-state index contributed by atoms with van der Waals surface area (Å²) in [6.45, 7) is 2.26. The summed E-state index contributed by atoms with van der Waals surface area (Å²) in [5, 5.41) is 24.7. The van der Waals surface area contributed by atoms with E-state index >= 15 is 0 Å². The zero-order chi connectivity index (χ0) is 16.0. The van der Waals surface area contributed by atoms with E-state index in [1.807, 2.05) is 0 Å². The van der Waals surface area contributed by atoms with Crippen LogP contribution in [0.4, 0.5) is 15.8 Å². The van der Waals surface area contributed by atoms with Gasteiger partial charge in [-0.05, 0) is 13.0 Å². The van der Waals surface area contributed by atoms with Gasteiger partial charge in [0.15, 0.2) is 0 Å². The Hall–Kier alpha value is -2.71. The molecule has 1 rings (SSSR count). The third-order valence-electron chi connectivity index (χ3n) is 2.55. The number of carboxylic acid groups (broad SMARTS) is 1. The first kappa shape index (κ1) is 16.3. The highest BCUT2D eigenvalue weighted by Gasteiger charge is 2.21. The van der Waals surface area contributed by atoms with Crippen molar-refractivity contribution < 1.29 is 24.0 Å². The Labute approximate surface area is 119 Å². The third-order valence-corrected chi connectivity index (χ3v) is 2.55. The highest BCUT2D eigenvalue weighted by molar-refractivity contribution is 5.90. The average Bonchev–Trinajstić information content (AvgIpc) is 2.39. The van der Waals surface area contributed by atoms with Gasteiger partial charge in [-0.1, -0.05) is 0 Å². The molecule has 0 saturated carbocycles. The minimum absolute atomic E-state index is 0.0464. The first-order valence-corrected chi connectivity index (χ1v) is 6.08. The van der Waals surface area contributed by atoms with E-state index < -0.39 is 28.0 Å². The number of carbonyl (C=O) groups excluding carboxylic acids is 1. The van der Waals surface area contributed by atoms with Crippen molar-refractivity contribution in [1.82, 2.24) is 5.32 Å². The fourth-order valence-electron chi connectivity index (χ4n) is 1.62. The van der Waals surface area contributed by atoms with Crippen molar-refractivity contribution in [3.8, 4) is 0 Å². The lowest BCUT2D eigenvalue weighted by molar-refractivity contribution is -0.384. The normalized spacial score (nSPS) is 10.0. The van der Waals surface area contributed by atoms with Gasteiger partial charge in [0.2, 0.25) is 5.91 Å². The fraction of sp³-hybridized carbons (Fsp3) is 0.333. The van der Waals surface area contributed by atoms with E-state index in [1.54, 1.807) is 6.92 Å². The van der Waals surface area contributed by atoms with Crippen molar-refractivity contribution in [2.45, 2.75) is 13.3 Å². The second kappa shape index (κ2) is 7.17. The van der Waals surface area contributed by atoms with E-state index in [0.29, 0.717) is 12.6 Å². The van der Waals surface area contributed by atoms with Crippen LogP contribution < -0.4 is 10.6 Å². The topological polar surface area (TPSA) is 122 Å². The van der Waals surface area contributed by atoms with Gasteiger partial charge in [-0.2, -0.15) is 0 Å². The number of nitro groups is 1. The highest BCUT2D eigenvalue weighted by Crippen LogP contribution is 2.27. The van der Waals surface area contributed by atoms with Crippen molar-refractivity contribution in [2.75, 3.05) is 18.4 Å². The number of nitrogens with zero attached hydrogens (tertiary/aromatic N) is 1. The number of nitrogens with one attached hydrogen (secondary N) is 2. The summed E-state index contributed by atoms with van der Waals surface area (Å²) >= 11 is 0. The number of rotatable bonds is 7. The van der Waals surface area contributed by atoms with Crippen LogP contribution in [0.25, 0.3) is 0 Å². The Morgan fingerprint density at radius 2 is 2.10 bits per heavy atom. The maximum absolute atomic E-state index is 13.4. The van der Waals surface area contributed by atoms with Crippen LogP contribution in [-0.2, 0) is 4.79 Å². The fourth-order valence-corrected chi connectivity index (χ4v) is 1.62. The Kier molecular flexibility index (Phi) is 5.58. The van der Waals surface area contributed by atoms with Gasteiger partial charge in [-0.15, -0.1) is 0 Å². The van der Waals surface area contributed by atoms with E-state index in [2.05, 4.69) is 10.6 Å². The molecule has 0 saturated heterocycles. The molecule has 0 atom stereocenters. The molecule has 9 heteroatoms. The Bertz CT molecular complexity index is 576. The monoisotopic (exact) mass is 299 g/mol. The first-order chi connectivity index (χ1) is 9.86. The predicted octanol–water partition coefficient (Wildman–Crippen LogP) is 1.37. The standard InChI is InChI=1S/C12H14FN3O5/c1-2-14-11(17)3-4-15-9-5-7(12(18)19)8(13)6-10(9)16(20)21/h5-6,15H,2-4H2,1H3,(H,14,17)(H,18,19). The zero-order valence-electron chi connectivity index (χ0n) is 11.2. The zero-order valence-corrected chi connectivity index (χ0v) is 11.2. The lowest BCUT2D eigenvalue weighted by Crippen LogP contribution is -2.24. The highest BCUT2D eigenvalue weighted by atomic mass is 19.1. The molecular formula is C12H14FN3O5. The molecule has 0 aliphatic heterocycles. The lowest BCUT2D eigenvalue weighted by Gasteiger charge is -2.08. The number of hydrogen-bond donors (Lipinski definition) is 3. The summed E-state index contributed by atoms with van der Waals surface area (Å²) in [5.74, 6) is -2.98. The van der Waals surface area contributed by atoms with E-state index in [4.69, 9.17) is 5.11 Å². The maximum Gasteiger partial charge on any atom is 0.338 e. The van der Waals surface area contributed by atoms with Crippen LogP contribution in [0.5, 0.6) is 0 Å². The molecule has 3 N–H and O–H groups in total. The summed E-state index contributed by atoms with van der Waals surface area (Å²) in [6, 6.07) is 1.38. The average molecular weight is 299 g/mol. The number of anilines is 1. The molecule has 0 bridgehead atoms. The largest absolute Gasteiger partial charge is 0.478 e. The third kappa shape index (κ3) is 4.41. The van der Waals surface area contributed by atoms with Crippen LogP contribution in [0.15, 0.2) is 12.1 Å². The number of nitro benzene ring substituents is 1. The van der Waals surface area contributed by atoms with Crippen molar-refractivity contribution in [3.05, 3.63) is 33.6 Å². The molecule has 114 valence electrons. The van der Waals surface area contributed by atoms with Gasteiger partial charge < -0.3 is 15.7 Å². The number of carboxylic acids is 1. The molecule has 0 heterocycles. The second-order valence-electron chi connectivity index (χ2n) is 4.04. The van der Waals surface area contributed by atoms with Crippen LogP contribution >= 0.6 is 0 Å². The van der Waals surface area contributed by atoms with Gasteiger partial charge in [-0.3, -0.25) is 14.9 Å². The van der Waals surface area contributed by atoms with Crippen LogP contribution in [0.2, 0.25) is 0 Å². The molecule has 0 aliphatic carbocycles. The summed E-state index contributed by atoms with van der Waals surface area (Å²) in [7, 11) is 0. The predicted molar refractivity (Wildman–Crippen MR) is 71.8 cm³/mol. The maximum atomic E-state index is 13.4. The smallest absolute Gasteiger partial charge is 0.338 e. The van der Waals surface area contributed by atoms with Crippen molar-refractivity contribution in [1.29, 1.82) is 0 Å². The number of carbonyl (C=O) groups is 2. The molecule has 21 heavy (non-hydrogen) atoms. The minimum Gasteiger partial charge on any atom is -0.478 e. The first-order valence-electron chi connectivity index (χ1n) is 6.08. The summed E-state index contributed by atoms with van der Waals surface area (Å²) in [4.78, 5) is 32.1. The van der Waals surface area contributed by atoms with Gasteiger partial charge in [-0.25, -0.2) is 9.18 Å². The molecule has 8 nitrogen and oxygen atoms in total. The lowest BCUT2D eigenvalue weighted by atomic mass is 10.1. The van der Waals surface area contributed by atoms with Crippen molar-refractivity contribution in [3.63, 3.8) is 0 Å². The van der Waals surface area contributed by atoms with Crippen molar-refractivity contribution >= 4 is 23.3 Å². The molecule has 1 amide bonds. The minimum atomic E-state index is -1.53. The van der Waals surface area contributed by atoms with Gasteiger partial charge in [0.05, 0.1) is 16.6 Å². The summed E-state index contributed by atoms with van der Waals surface area (Å²) in [6.07, 6.45) is 0.0464. The molecule has 1 aromatic carbocycles. The number of halogens is 1. The van der Waals surface area contributed by atoms with E-state index in [1.165, 1.54) is 0 Å². The molecular weight excluding hydrogens is 285 g/mol. The van der Waals surface area contributed by atoms with Crippen LogP contribution in [-0.4, -0.2) is 35.0 Å². The van der Waals surface area contributed by atoms with E-state index in [-0.39, 0.29) is 24.6 Å². The summed E-state index contributed by atoms with van der Waals surface area (Å²) < 4.78 is 13.4. The molecule has 0 radical (unpaired) electrons. The summed E-state index contributed by atoms with van der Waals surface area (Å²) in [5.41, 5.74) is -1.42. The number of amides is 1. The van der Waals surface area contributed by atoms with Crippen molar-refractivity contribution in [2.24, 2.45) is 0 Å². The van der Waals surface area contributed by atoms with E-state index in [0.717, 1.165) is 6.07 Å². The van der Waals surface area contributed by atoms with Gasteiger partial charge in [0.1, 0.15) is 11.5 Å². The number of hydrogen-bond acceptors (Lipinski definition) is 5. The SMILES string of the molecule is CCNC(=O)CCNc1cc(C(=O)O)c(F)cc1[N+](=O)[O-]. The Morgan fingerprint density at radius 3 is 2.62 bits per heavy atom. The van der Waals surface area contributed by atoms with E-state index in [9.17, 15) is 24.1 Å². The molecule has 0 fully saturated rings. The Morgan fingerprint density at radius 1 is 1.43 bits per heavy atom. The van der Waals surface area contributed by atoms with Crippen LogP contribution in [0.3, 0.4) is 0 Å². The molecule has 0 spiro atoms. The molecule has 0 unspecified atom stereocenters.